The molecule has 0 radical (unpaired) electrons. The Hall–Kier alpha value is -3.50. The Morgan fingerprint density at radius 3 is 2.28 bits per heavy atom. The molecule has 0 bridgehead atoms. The van der Waals surface area contributed by atoms with Crippen molar-refractivity contribution in [1.29, 1.82) is 0 Å². The Morgan fingerprint density at radius 1 is 0.889 bits per heavy atom. The van der Waals surface area contributed by atoms with Gasteiger partial charge in [-0.15, -0.1) is 0 Å². The molecule has 0 spiro atoms. The third kappa shape index (κ3) is 4.66. The first-order valence-electron chi connectivity index (χ1n) is 12.0. The second kappa shape index (κ2) is 9.87. The molecule has 9 nitrogen and oxygen atoms in total. The largest absolute Gasteiger partial charge is 0.480 e. The summed E-state index contributed by atoms with van der Waals surface area (Å²) in [5, 5.41) is 11.6. The molecule has 1 atom stereocenters. The predicted molar refractivity (Wildman–Crippen MR) is 135 cm³/mol. The van der Waals surface area contributed by atoms with Crippen LogP contribution in [-0.4, -0.2) is 78.4 Å². The van der Waals surface area contributed by atoms with Gasteiger partial charge in [0.2, 0.25) is 15.9 Å². The van der Waals surface area contributed by atoms with Gasteiger partial charge < -0.3 is 14.9 Å². The van der Waals surface area contributed by atoms with E-state index in [-0.39, 0.29) is 36.4 Å². The van der Waals surface area contributed by atoms with Crippen molar-refractivity contribution in [2.45, 2.75) is 23.8 Å². The van der Waals surface area contributed by atoms with Crippen LogP contribution in [0.5, 0.6) is 0 Å². The molecular weight excluding hydrogens is 480 g/mol. The van der Waals surface area contributed by atoms with E-state index in [0.29, 0.717) is 25.9 Å². The highest BCUT2D eigenvalue weighted by molar-refractivity contribution is 7.89. The topological polar surface area (TPSA) is 111 Å². The molecule has 1 N–H and O–H groups in total. The van der Waals surface area contributed by atoms with E-state index in [0.717, 1.165) is 16.5 Å². The standard InChI is InChI=1S/C26H28N4O5S/c31-25(20-9-13-28(14-10-20)22-7-11-27-12-8-22)30-16-15-29(18-24(30)26(32)33)36(34,35)23-6-5-19-3-1-2-4-21(19)17-23/h1-8,11-12,17,20,24H,9-10,13-16,18H2,(H,32,33). The molecule has 2 saturated heterocycles. The normalized spacial score (nSPS) is 19.9. The number of sulfonamides is 1. The van der Waals surface area contributed by atoms with Crippen LogP contribution in [0.2, 0.25) is 0 Å². The first-order chi connectivity index (χ1) is 17.3. The zero-order valence-corrected chi connectivity index (χ0v) is 20.5. The number of carboxylic acid groups (broad SMARTS) is 1. The third-order valence-electron chi connectivity index (χ3n) is 7.14. The van der Waals surface area contributed by atoms with Gasteiger partial charge in [0.15, 0.2) is 0 Å². The van der Waals surface area contributed by atoms with Crippen molar-refractivity contribution >= 4 is 38.4 Å². The summed E-state index contributed by atoms with van der Waals surface area (Å²) in [5.41, 5.74) is 1.05. The Balaban J connectivity index is 1.28. The fraction of sp³-hybridized carbons (Fsp3) is 0.346. The lowest BCUT2D eigenvalue weighted by Crippen LogP contribution is -2.60. The molecule has 10 heteroatoms. The minimum absolute atomic E-state index is 0.0488. The van der Waals surface area contributed by atoms with Crippen LogP contribution >= 0.6 is 0 Å². The maximum absolute atomic E-state index is 13.4. The molecule has 0 saturated carbocycles. The summed E-state index contributed by atoms with van der Waals surface area (Å²) in [6, 6.07) is 15.0. The number of carboxylic acids is 1. The molecule has 2 aliphatic rings. The molecule has 2 aliphatic heterocycles. The van der Waals surface area contributed by atoms with Gasteiger partial charge in [0.05, 0.1) is 4.90 Å². The monoisotopic (exact) mass is 508 g/mol. The average Bonchev–Trinajstić information content (AvgIpc) is 2.92. The first-order valence-corrected chi connectivity index (χ1v) is 13.5. The van der Waals surface area contributed by atoms with Gasteiger partial charge in [-0.3, -0.25) is 9.78 Å². The SMILES string of the molecule is O=C(O)C1CN(S(=O)(=O)c2ccc3ccccc3c2)CCN1C(=O)C1CCN(c2ccncc2)CC1. The van der Waals surface area contributed by atoms with Crippen LogP contribution in [0.15, 0.2) is 71.9 Å². The minimum atomic E-state index is -3.91. The Labute approximate surface area is 210 Å². The van der Waals surface area contributed by atoms with Crippen LogP contribution in [0, 0.1) is 5.92 Å². The highest BCUT2D eigenvalue weighted by Crippen LogP contribution is 2.28. The number of benzene rings is 2. The molecule has 2 aromatic carbocycles. The Morgan fingerprint density at radius 2 is 1.58 bits per heavy atom. The van der Waals surface area contributed by atoms with Crippen molar-refractivity contribution in [1.82, 2.24) is 14.2 Å². The number of rotatable bonds is 5. The van der Waals surface area contributed by atoms with Gasteiger partial charge in [0, 0.05) is 56.7 Å². The number of pyridine rings is 1. The number of piperidine rings is 1. The minimum Gasteiger partial charge on any atom is -0.480 e. The molecule has 1 unspecified atom stereocenters. The molecular formula is C26H28N4O5S. The zero-order valence-electron chi connectivity index (χ0n) is 19.7. The van der Waals surface area contributed by atoms with Crippen LogP contribution < -0.4 is 4.90 Å². The van der Waals surface area contributed by atoms with Crippen LogP contribution in [-0.2, 0) is 19.6 Å². The van der Waals surface area contributed by atoms with E-state index in [1.165, 1.54) is 9.21 Å². The number of aromatic nitrogens is 1. The van der Waals surface area contributed by atoms with Crippen molar-refractivity contribution in [2.75, 3.05) is 37.6 Å². The van der Waals surface area contributed by atoms with Crippen molar-refractivity contribution in [3.05, 3.63) is 67.0 Å². The third-order valence-corrected chi connectivity index (χ3v) is 9.00. The highest BCUT2D eigenvalue weighted by Gasteiger charge is 2.42. The quantitative estimate of drug-likeness (QED) is 0.564. The number of hydrogen-bond acceptors (Lipinski definition) is 6. The second-order valence-corrected chi connectivity index (χ2v) is 11.2. The lowest BCUT2D eigenvalue weighted by atomic mass is 9.94. The molecule has 2 fully saturated rings. The second-order valence-electron chi connectivity index (χ2n) is 9.22. The highest BCUT2D eigenvalue weighted by atomic mass is 32.2. The van der Waals surface area contributed by atoms with E-state index in [2.05, 4.69) is 9.88 Å². The molecule has 0 aliphatic carbocycles. The summed E-state index contributed by atoms with van der Waals surface area (Å²) in [6.07, 6.45) is 4.69. The number of nitrogens with zero attached hydrogens (tertiary/aromatic N) is 4. The summed E-state index contributed by atoms with van der Waals surface area (Å²) in [6.45, 7) is 1.21. The zero-order chi connectivity index (χ0) is 25.3. The summed E-state index contributed by atoms with van der Waals surface area (Å²) < 4.78 is 27.9. The van der Waals surface area contributed by atoms with Crippen molar-refractivity contribution in [2.24, 2.45) is 5.92 Å². The van der Waals surface area contributed by atoms with Crippen molar-refractivity contribution in [3.63, 3.8) is 0 Å². The summed E-state index contributed by atoms with van der Waals surface area (Å²) in [4.78, 5) is 33.2. The molecule has 36 heavy (non-hydrogen) atoms. The lowest BCUT2D eigenvalue weighted by molar-refractivity contribution is -0.154. The fourth-order valence-electron chi connectivity index (χ4n) is 5.10. The Bertz CT molecular complexity index is 1370. The smallest absolute Gasteiger partial charge is 0.327 e. The van der Waals surface area contributed by atoms with Gasteiger partial charge in [-0.05, 0) is 47.9 Å². The lowest BCUT2D eigenvalue weighted by Gasteiger charge is -2.41. The van der Waals surface area contributed by atoms with Crippen LogP contribution in [0.25, 0.3) is 10.8 Å². The van der Waals surface area contributed by atoms with E-state index < -0.39 is 22.0 Å². The number of anilines is 1. The van der Waals surface area contributed by atoms with Crippen LogP contribution in [0.3, 0.4) is 0 Å². The number of piperazine rings is 1. The van der Waals surface area contributed by atoms with Crippen LogP contribution in [0.4, 0.5) is 5.69 Å². The number of fused-ring (bicyclic) bond motifs is 1. The van der Waals surface area contributed by atoms with Gasteiger partial charge in [-0.1, -0.05) is 30.3 Å². The summed E-state index contributed by atoms with van der Waals surface area (Å²) in [7, 11) is -3.91. The van der Waals surface area contributed by atoms with Gasteiger partial charge in [-0.25, -0.2) is 13.2 Å². The molecule has 3 heterocycles. The fourth-order valence-corrected chi connectivity index (χ4v) is 6.58. The van der Waals surface area contributed by atoms with E-state index >= 15 is 0 Å². The van der Waals surface area contributed by atoms with Gasteiger partial charge in [0.25, 0.3) is 0 Å². The molecule has 1 aromatic heterocycles. The van der Waals surface area contributed by atoms with Gasteiger partial charge >= 0.3 is 5.97 Å². The number of amides is 1. The number of aliphatic carboxylic acids is 1. The molecule has 188 valence electrons. The summed E-state index contributed by atoms with van der Waals surface area (Å²) >= 11 is 0. The Kier molecular flexibility index (Phi) is 6.63. The predicted octanol–water partition coefficient (Wildman–Crippen LogP) is 2.44. The van der Waals surface area contributed by atoms with E-state index in [4.69, 9.17) is 0 Å². The van der Waals surface area contributed by atoms with Gasteiger partial charge in [0.1, 0.15) is 6.04 Å². The number of hydrogen-bond donors (Lipinski definition) is 1. The van der Waals surface area contributed by atoms with E-state index in [9.17, 15) is 23.1 Å². The van der Waals surface area contributed by atoms with E-state index in [1.54, 1.807) is 30.6 Å². The van der Waals surface area contributed by atoms with Crippen molar-refractivity contribution in [3.8, 4) is 0 Å². The molecule has 5 rings (SSSR count). The van der Waals surface area contributed by atoms with Gasteiger partial charge in [-0.2, -0.15) is 4.31 Å². The average molecular weight is 509 g/mol. The van der Waals surface area contributed by atoms with Crippen molar-refractivity contribution < 1.29 is 23.1 Å². The first kappa shape index (κ1) is 24.2. The molecule has 3 aromatic rings. The summed E-state index contributed by atoms with van der Waals surface area (Å²) in [5.74, 6) is -1.69. The maximum atomic E-state index is 13.4. The van der Waals surface area contributed by atoms with E-state index in [1.807, 2.05) is 36.4 Å². The molecule has 1 amide bonds. The maximum Gasteiger partial charge on any atom is 0.327 e. The number of carbonyl (C=O) groups is 2. The van der Waals surface area contributed by atoms with Crippen LogP contribution in [0.1, 0.15) is 12.8 Å². The number of carbonyl (C=O) groups excluding carboxylic acids is 1.